The molecule has 0 aliphatic rings. The molecule has 128 valence electrons. The second-order valence-corrected chi connectivity index (χ2v) is 7.26. The number of para-hydroxylation sites is 1. The zero-order valence-electron chi connectivity index (χ0n) is 13.2. The van der Waals surface area contributed by atoms with Crippen molar-refractivity contribution in [1.29, 1.82) is 0 Å². The highest BCUT2D eigenvalue weighted by molar-refractivity contribution is 7.89. The summed E-state index contributed by atoms with van der Waals surface area (Å²) in [5, 5.41) is 8.30. The summed E-state index contributed by atoms with van der Waals surface area (Å²) in [6.07, 6.45) is 0. The molecule has 0 aromatic heterocycles. The van der Waals surface area contributed by atoms with Gasteiger partial charge in [0.25, 0.3) is 0 Å². The number of nitrogens with one attached hydrogen (secondary N) is 1. The lowest BCUT2D eigenvalue weighted by Gasteiger charge is -2.28. The number of benzene rings is 2. The topological polar surface area (TPSA) is 75.4 Å². The van der Waals surface area contributed by atoms with Crippen LogP contribution in [0.25, 0.3) is 0 Å². The molecule has 1 atom stereocenters. The fraction of sp³-hybridized carbons (Fsp3) is 0.188. The van der Waals surface area contributed by atoms with Crippen molar-refractivity contribution in [2.75, 3.05) is 12.4 Å². The Hall–Kier alpha value is -2.03. The Kier molecular flexibility index (Phi) is 5.53. The van der Waals surface area contributed by atoms with Gasteiger partial charge in [-0.25, -0.2) is 17.9 Å². The van der Waals surface area contributed by atoms with Crippen molar-refractivity contribution in [1.82, 2.24) is 4.90 Å². The third-order valence-corrected chi connectivity index (χ3v) is 5.03. The van der Waals surface area contributed by atoms with E-state index in [1.54, 1.807) is 42.3 Å². The van der Waals surface area contributed by atoms with Crippen LogP contribution in [0.4, 0.5) is 10.1 Å². The van der Waals surface area contributed by atoms with Crippen LogP contribution in [0.2, 0.25) is 0 Å². The van der Waals surface area contributed by atoms with Gasteiger partial charge in [0.2, 0.25) is 10.0 Å². The normalized spacial score (nSPS) is 12.5. The van der Waals surface area contributed by atoms with E-state index in [-0.39, 0.29) is 10.9 Å². The molecular weight excluding hydrogens is 349 g/mol. The molecule has 2 aromatic rings. The van der Waals surface area contributed by atoms with Crippen molar-refractivity contribution in [3.63, 3.8) is 0 Å². The van der Waals surface area contributed by atoms with Crippen molar-refractivity contribution in [3.8, 4) is 0 Å². The van der Waals surface area contributed by atoms with Gasteiger partial charge in [-0.3, -0.25) is 0 Å². The first kappa shape index (κ1) is 18.3. The second kappa shape index (κ2) is 7.25. The van der Waals surface area contributed by atoms with E-state index in [2.05, 4.69) is 5.32 Å². The molecule has 0 heterocycles. The summed E-state index contributed by atoms with van der Waals surface area (Å²) < 4.78 is 36.3. The average molecular weight is 367 g/mol. The Bertz CT molecular complexity index is 839. The number of anilines is 1. The molecule has 0 aliphatic heterocycles. The highest BCUT2D eigenvalue weighted by Crippen LogP contribution is 2.22. The average Bonchev–Trinajstić information content (AvgIpc) is 2.55. The molecule has 0 unspecified atom stereocenters. The number of nitrogens with zero attached hydrogens (tertiary/aromatic N) is 1. The highest BCUT2D eigenvalue weighted by atomic mass is 32.2. The number of halogens is 1. The molecule has 0 saturated heterocycles. The van der Waals surface area contributed by atoms with E-state index >= 15 is 0 Å². The summed E-state index contributed by atoms with van der Waals surface area (Å²) in [6.45, 7) is 1.90. The van der Waals surface area contributed by atoms with E-state index in [4.69, 9.17) is 17.4 Å². The SMILES string of the molecule is C[C@H](c1ccc(S(N)(=O)=O)cc1)N(C)C(=S)Nc1ccccc1F. The maximum atomic E-state index is 13.7. The largest absolute Gasteiger partial charge is 0.345 e. The minimum Gasteiger partial charge on any atom is -0.345 e. The molecule has 24 heavy (non-hydrogen) atoms. The van der Waals surface area contributed by atoms with Crippen molar-refractivity contribution < 1.29 is 12.8 Å². The number of sulfonamides is 1. The second-order valence-electron chi connectivity index (χ2n) is 5.31. The first-order valence-electron chi connectivity index (χ1n) is 7.11. The molecule has 0 amide bonds. The molecule has 3 N–H and O–H groups in total. The number of primary sulfonamides is 1. The van der Waals surface area contributed by atoms with Crippen LogP contribution < -0.4 is 10.5 Å². The number of rotatable bonds is 4. The van der Waals surface area contributed by atoms with Gasteiger partial charge in [0.1, 0.15) is 5.82 Å². The number of hydrogen-bond acceptors (Lipinski definition) is 3. The number of nitrogens with two attached hydrogens (primary N) is 1. The van der Waals surface area contributed by atoms with E-state index in [1.807, 2.05) is 6.92 Å². The van der Waals surface area contributed by atoms with Gasteiger partial charge in [-0.05, 0) is 49.0 Å². The smallest absolute Gasteiger partial charge is 0.238 e. The maximum Gasteiger partial charge on any atom is 0.238 e. The summed E-state index contributed by atoms with van der Waals surface area (Å²) in [4.78, 5) is 1.81. The van der Waals surface area contributed by atoms with Gasteiger partial charge in [-0.2, -0.15) is 0 Å². The molecule has 8 heteroatoms. The summed E-state index contributed by atoms with van der Waals surface area (Å²) >= 11 is 5.31. The van der Waals surface area contributed by atoms with Crippen LogP contribution in [-0.4, -0.2) is 25.5 Å². The maximum absolute atomic E-state index is 13.7. The fourth-order valence-electron chi connectivity index (χ4n) is 2.10. The predicted molar refractivity (Wildman–Crippen MR) is 96.6 cm³/mol. The summed E-state index contributed by atoms with van der Waals surface area (Å²) in [6, 6.07) is 12.4. The van der Waals surface area contributed by atoms with Gasteiger partial charge in [0.15, 0.2) is 5.11 Å². The van der Waals surface area contributed by atoms with Crippen molar-refractivity contribution in [2.45, 2.75) is 17.9 Å². The van der Waals surface area contributed by atoms with E-state index < -0.39 is 15.8 Å². The van der Waals surface area contributed by atoms with E-state index in [1.165, 1.54) is 18.2 Å². The lowest BCUT2D eigenvalue weighted by atomic mass is 10.1. The monoisotopic (exact) mass is 367 g/mol. The van der Waals surface area contributed by atoms with E-state index in [0.717, 1.165) is 5.56 Å². The Morgan fingerprint density at radius 1 is 1.21 bits per heavy atom. The first-order valence-corrected chi connectivity index (χ1v) is 9.06. The fourth-order valence-corrected chi connectivity index (χ4v) is 2.88. The lowest BCUT2D eigenvalue weighted by molar-refractivity contribution is 0.408. The summed E-state index contributed by atoms with van der Waals surface area (Å²) in [5.74, 6) is -0.390. The molecule has 0 spiro atoms. The van der Waals surface area contributed by atoms with Gasteiger partial charge >= 0.3 is 0 Å². The van der Waals surface area contributed by atoms with Crippen molar-refractivity contribution in [2.24, 2.45) is 5.14 Å². The molecule has 0 aliphatic carbocycles. The standard InChI is InChI=1S/C16H18FN3O2S2/c1-11(12-7-9-13(10-8-12)24(18,21)22)20(2)16(23)19-15-6-4-3-5-14(15)17/h3-11H,1-2H3,(H,19,23)(H2,18,21,22)/t11-/m1/s1. The molecule has 0 radical (unpaired) electrons. The van der Waals surface area contributed by atoms with Crippen molar-refractivity contribution in [3.05, 3.63) is 59.9 Å². The summed E-state index contributed by atoms with van der Waals surface area (Å²) in [7, 11) is -1.95. The summed E-state index contributed by atoms with van der Waals surface area (Å²) in [5.41, 5.74) is 1.15. The van der Waals surface area contributed by atoms with Crippen LogP contribution in [0, 0.1) is 5.82 Å². The zero-order chi connectivity index (χ0) is 17.9. The highest BCUT2D eigenvalue weighted by Gasteiger charge is 2.16. The Labute approximate surface area is 146 Å². The van der Waals surface area contributed by atoms with E-state index in [9.17, 15) is 12.8 Å². The van der Waals surface area contributed by atoms with Crippen LogP contribution in [0.3, 0.4) is 0 Å². The van der Waals surface area contributed by atoms with Gasteiger partial charge in [-0.1, -0.05) is 24.3 Å². The molecule has 2 aromatic carbocycles. The predicted octanol–water partition coefficient (Wildman–Crippen LogP) is 2.86. The van der Waals surface area contributed by atoms with E-state index in [0.29, 0.717) is 10.8 Å². The molecule has 2 rings (SSSR count). The molecular formula is C16H18FN3O2S2. The molecule has 5 nitrogen and oxygen atoms in total. The molecule has 0 saturated carbocycles. The third-order valence-electron chi connectivity index (χ3n) is 3.71. The Morgan fingerprint density at radius 3 is 2.33 bits per heavy atom. The zero-order valence-corrected chi connectivity index (χ0v) is 14.9. The van der Waals surface area contributed by atoms with Crippen molar-refractivity contribution >= 4 is 33.0 Å². The van der Waals surface area contributed by atoms with Gasteiger partial charge in [0.05, 0.1) is 16.6 Å². The molecule has 0 fully saturated rings. The van der Waals surface area contributed by atoms with Crippen LogP contribution in [0.15, 0.2) is 53.4 Å². The minimum absolute atomic E-state index is 0.0492. The quantitative estimate of drug-likeness (QED) is 0.813. The van der Waals surface area contributed by atoms with Gasteiger partial charge in [0, 0.05) is 7.05 Å². The van der Waals surface area contributed by atoms with Gasteiger partial charge < -0.3 is 10.2 Å². The van der Waals surface area contributed by atoms with Crippen LogP contribution in [0.1, 0.15) is 18.5 Å². The minimum atomic E-state index is -3.72. The Balaban J connectivity index is 2.12. The molecule has 0 bridgehead atoms. The number of hydrogen-bond donors (Lipinski definition) is 2. The first-order chi connectivity index (χ1) is 11.2. The Morgan fingerprint density at radius 2 is 1.79 bits per heavy atom. The lowest BCUT2D eigenvalue weighted by Crippen LogP contribution is -2.33. The van der Waals surface area contributed by atoms with Gasteiger partial charge in [-0.15, -0.1) is 0 Å². The van der Waals surface area contributed by atoms with Crippen LogP contribution >= 0.6 is 12.2 Å². The van der Waals surface area contributed by atoms with Crippen LogP contribution in [-0.2, 0) is 10.0 Å². The third kappa shape index (κ3) is 4.28. The van der Waals surface area contributed by atoms with Crippen LogP contribution in [0.5, 0.6) is 0 Å². The number of thiocarbonyl (C=S) groups is 1.